The molecule has 3 N–H and O–H groups in total. The summed E-state index contributed by atoms with van der Waals surface area (Å²) in [7, 11) is 0. The number of carbonyl (C=O) groups excluding carboxylic acids is 1. The molecule has 0 amide bonds. The van der Waals surface area contributed by atoms with Crippen LogP contribution in [0.15, 0.2) is 0 Å². The van der Waals surface area contributed by atoms with Gasteiger partial charge in [0.2, 0.25) is 0 Å². The highest BCUT2D eigenvalue weighted by Gasteiger charge is 2.45. The standard InChI is InChI=1S/C6H10F3NO3/c1-2-13-5(12)3(10)4(11)6(7,8)9/h3-4,11H,2,10H2,1H3/t3-,4-/m0/s1. The van der Waals surface area contributed by atoms with Gasteiger partial charge in [-0.3, -0.25) is 4.79 Å². The summed E-state index contributed by atoms with van der Waals surface area (Å²) in [5.74, 6) is -1.27. The molecule has 0 rings (SSSR count). The fraction of sp³-hybridized carbons (Fsp3) is 0.833. The van der Waals surface area contributed by atoms with Gasteiger partial charge in [0.25, 0.3) is 0 Å². The zero-order valence-electron chi connectivity index (χ0n) is 6.84. The van der Waals surface area contributed by atoms with Crippen molar-refractivity contribution in [3.05, 3.63) is 0 Å². The van der Waals surface area contributed by atoms with E-state index in [9.17, 15) is 18.0 Å². The lowest BCUT2D eigenvalue weighted by atomic mass is 10.2. The lowest BCUT2D eigenvalue weighted by Gasteiger charge is -2.19. The number of alkyl halides is 3. The van der Waals surface area contributed by atoms with Crippen LogP contribution >= 0.6 is 0 Å². The summed E-state index contributed by atoms with van der Waals surface area (Å²) in [6, 6.07) is -2.08. The molecule has 0 aromatic heterocycles. The van der Waals surface area contributed by atoms with Crippen molar-refractivity contribution >= 4 is 5.97 Å². The Balaban J connectivity index is 4.25. The molecule has 0 saturated heterocycles. The van der Waals surface area contributed by atoms with Crippen molar-refractivity contribution in [1.29, 1.82) is 0 Å². The second-order valence-electron chi connectivity index (χ2n) is 2.26. The van der Waals surface area contributed by atoms with Gasteiger partial charge in [0.15, 0.2) is 6.10 Å². The average Bonchev–Trinajstić information content (AvgIpc) is 2.00. The lowest BCUT2D eigenvalue weighted by molar-refractivity contribution is -0.213. The van der Waals surface area contributed by atoms with Crippen LogP contribution in [-0.2, 0) is 9.53 Å². The van der Waals surface area contributed by atoms with Crippen molar-refractivity contribution in [2.24, 2.45) is 5.73 Å². The molecule has 0 radical (unpaired) electrons. The SMILES string of the molecule is CCOC(=O)[C@@H](N)[C@H](O)C(F)(F)F. The zero-order chi connectivity index (χ0) is 10.6. The van der Waals surface area contributed by atoms with E-state index in [1.807, 2.05) is 0 Å². The smallest absolute Gasteiger partial charge is 0.416 e. The van der Waals surface area contributed by atoms with Crippen LogP contribution in [0.2, 0.25) is 0 Å². The number of aliphatic hydroxyl groups excluding tert-OH is 1. The maximum Gasteiger partial charge on any atom is 0.416 e. The molecule has 4 nitrogen and oxygen atoms in total. The number of hydrogen-bond donors (Lipinski definition) is 2. The normalized spacial score (nSPS) is 16.5. The highest BCUT2D eigenvalue weighted by atomic mass is 19.4. The van der Waals surface area contributed by atoms with Gasteiger partial charge < -0.3 is 15.6 Å². The lowest BCUT2D eigenvalue weighted by Crippen LogP contribution is -2.50. The molecule has 78 valence electrons. The maximum atomic E-state index is 11.8. The molecule has 0 fully saturated rings. The highest BCUT2D eigenvalue weighted by molar-refractivity contribution is 5.76. The topological polar surface area (TPSA) is 72.5 Å². The molecule has 0 aliphatic carbocycles. The number of aliphatic hydroxyl groups is 1. The van der Waals surface area contributed by atoms with Crippen molar-refractivity contribution < 1.29 is 27.8 Å². The Morgan fingerprint density at radius 3 is 2.38 bits per heavy atom. The molecule has 0 bridgehead atoms. The molecule has 0 saturated carbocycles. The summed E-state index contributed by atoms with van der Waals surface area (Å²) in [4.78, 5) is 10.6. The Morgan fingerprint density at radius 1 is 1.62 bits per heavy atom. The molecule has 0 aromatic rings. The molecular formula is C6H10F3NO3. The molecule has 7 heteroatoms. The van der Waals surface area contributed by atoms with E-state index in [-0.39, 0.29) is 6.61 Å². The number of nitrogens with two attached hydrogens (primary N) is 1. The maximum absolute atomic E-state index is 11.8. The molecule has 0 heterocycles. The van der Waals surface area contributed by atoms with Crippen LogP contribution in [0.3, 0.4) is 0 Å². The molecule has 0 unspecified atom stereocenters. The third-order valence-electron chi connectivity index (χ3n) is 1.23. The monoisotopic (exact) mass is 201 g/mol. The van der Waals surface area contributed by atoms with Gasteiger partial charge in [0.05, 0.1) is 6.61 Å². The van der Waals surface area contributed by atoms with Gasteiger partial charge in [0.1, 0.15) is 6.04 Å². The van der Waals surface area contributed by atoms with Gasteiger partial charge in [-0.15, -0.1) is 0 Å². The number of esters is 1. The first kappa shape index (κ1) is 12.2. The number of halogens is 3. The van der Waals surface area contributed by atoms with E-state index >= 15 is 0 Å². The van der Waals surface area contributed by atoms with Crippen LogP contribution in [0.1, 0.15) is 6.92 Å². The summed E-state index contributed by atoms with van der Waals surface area (Å²) in [5.41, 5.74) is 4.79. The first-order valence-electron chi connectivity index (χ1n) is 3.47. The minimum Gasteiger partial charge on any atom is -0.465 e. The minimum atomic E-state index is -4.91. The van der Waals surface area contributed by atoms with Gasteiger partial charge >= 0.3 is 12.1 Å². The van der Waals surface area contributed by atoms with Crippen molar-refractivity contribution in [2.45, 2.75) is 25.2 Å². The fourth-order valence-electron chi connectivity index (χ4n) is 0.571. The van der Waals surface area contributed by atoms with Gasteiger partial charge in [-0.2, -0.15) is 13.2 Å². The van der Waals surface area contributed by atoms with Gasteiger partial charge in [-0.05, 0) is 6.92 Å². The molecular weight excluding hydrogens is 191 g/mol. The summed E-state index contributed by atoms with van der Waals surface area (Å²) >= 11 is 0. The second kappa shape index (κ2) is 4.43. The Labute approximate surface area is 72.5 Å². The molecule has 13 heavy (non-hydrogen) atoms. The van der Waals surface area contributed by atoms with E-state index in [0.29, 0.717) is 0 Å². The second-order valence-corrected chi connectivity index (χ2v) is 2.26. The van der Waals surface area contributed by atoms with Crippen LogP contribution in [-0.4, -0.2) is 36.0 Å². The van der Waals surface area contributed by atoms with Crippen LogP contribution < -0.4 is 5.73 Å². The van der Waals surface area contributed by atoms with E-state index in [2.05, 4.69) is 4.74 Å². The molecule has 0 aliphatic rings. The van der Waals surface area contributed by atoms with E-state index in [0.717, 1.165) is 0 Å². The minimum absolute atomic E-state index is 0.0862. The number of rotatable bonds is 3. The largest absolute Gasteiger partial charge is 0.465 e. The predicted molar refractivity (Wildman–Crippen MR) is 36.7 cm³/mol. The molecule has 2 atom stereocenters. The molecule has 0 aliphatic heterocycles. The Morgan fingerprint density at radius 2 is 2.08 bits per heavy atom. The molecule has 0 spiro atoms. The van der Waals surface area contributed by atoms with Crippen LogP contribution in [0.4, 0.5) is 13.2 Å². The Kier molecular flexibility index (Phi) is 4.15. The van der Waals surface area contributed by atoms with Crippen LogP contribution in [0, 0.1) is 0 Å². The quantitative estimate of drug-likeness (QED) is 0.620. The van der Waals surface area contributed by atoms with E-state index in [1.54, 1.807) is 0 Å². The van der Waals surface area contributed by atoms with Crippen molar-refractivity contribution in [2.75, 3.05) is 6.61 Å². The van der Waals surface area contributed by atoms with E-state index < -0.39 is 24.3 Å². The zero-order valence-corrected chi connectivity index (χ0v) is 6.84. The van der Waals surface area contributed by atoms with Crippen molar-refractivity contribution in [3.8, 4) is 0 Å². The summed E-state index contributed by atoms with van der Waals surface area (Å²) in [6.45, 7) is 1.34. The van der Waals surface area contributed by atoms with Crippen molar-refractivity contribution in [3.63, 3.8) is 0 Å². The fourth-order valence-corrected chi connectivity index (χ4v) is 0.571. The first-order chi connectivity index (χ1) is 5.80. The average molecular weight is 201 g/mol. The van der Waals surface area contributed by atoms with Crippen LogP contribution in [0.25, 0.3) is 0 Å². The van der Waals surface area contributed by atoms with E-state index in [4.69, 9.17) is 10.8 Å². The van der Waals surface area contributed by atoms with Crippen molar-refractivity contribution in [1.82, 2.24) is 0 Å². The molecule has 0 aromatic carbocycles. The first-order valence-corrected chi connectivity index (χ1v) is 3.47. The predicted octanol–water partition coefficient (Wildman–Crippen LogP) is -0.200. The van der Waals surface area contributed by atoms with Gasteiger partial charge in [0, 0.05) is 0 Å². The highest BCUT2D eigenvalue weighted by Crippen LogP contribution is 2.21. The Hall–Kier alpha value is -0.820. The van der Waals surface area contributed by atoms with Gasteiger partial charge in [-0.25, -0.2) is 0 Å². The van der Waals surface area contributed by atoms with E-state index in [1.165, 1.54) is 6.92 Å². The summed E-state index contributed by atoms with van der Waals surface area (Å²) in [5, 5.41) is 8.50. The Bertz CT molecular complexity index is 182. The number of carbonyl (C=O) groups is 1. The third kappa shape index (κ3) is 3.60. The summed E-state index contributed by atoms with van der Waals surface area (Å²) < 4.78 is 39.5. The summed E-state index contributed by atoms with van der Waals surface area (Å²) in [6.07, 6.45) is -7.79. The number of hydrogen-bond acceptors (Lipinski definition) is 4. The van der Waals surface area contributed by atoms with Crippen LogP contribution in [0.5, 0.6) is 0 Å². The number of ether oxygens (including phenoxy) is 1. The third-order valence-corrected chi connectivity index (χ3v) is 1.23. The van der Waals surface area contributed by atoms with Gasteiger partial charge in [-0.1, -0.05) is 0 Å².